The van der Waals surface area contributed by atoms with Gasteiger partial charge in [0.15, 0.2) is 17.2 Å². The van der Waals surface area contributed by atoms with Crippen molar-refractivity contribution in [3.8, 4) is 22.8 Å². The lowest BCUT2D eigenvalue weighted by Crippen LogP contribution is -2.11. The molecular weight excluding hydrogens is 563 g/mol. The van der Waals surface area contributed by atoms with Gasteiger partial charge in [0, 0.05) is 29.3 Å². The summed E-state index contributed by atoms with van der Waals surface area (Å²) in [4.78, 5) is 28.7. The fourth-order valence-electron chi connectivity index (χ4n) is 3.53. The summed E-state index contributed by atoms with van der Waals surface area (Å²) in [6.07, 6.45) is 5.28. The van der Waals surface area contributed by atoms with Gasteiger partial charge in [0.1, 0.15) is 5.82 Å². The summed E-state index contributed by atoms with van der Waals surface area (Å²) in [7, 11) is 0. The fraction of sp³-hybridized carbons (Fsp3) is 0.256. The molecule has 0 fully saturated rings. The zero-order valence-corrected chi connectivity index (χ0v) is 27.3. The lowest BCUT2D eigenvalue weighted by molar-refractivity contribution is 0.101. The van der Waals surface area contributed by atoms with Gasteiger partial charge < -0.3 is 9.73 Å². The Hall–Kier alpha value is -4.84. The summed E-state index contributed by atoms with van der Waals surface area (Å²) < 4.78 is 19.2. The summed E-state index contributed by atoms with van der Waals surface area (Å²) in [5, 5.41) is 2.71. The molecule has 5 aromatic rings. The van der Waals surface area contributed by atoms with Crippen LogP contribution in [0, 0.1) is 12.7 Å². The van der Waals surface area contributed by atoms with E-state index >= 15 is 0 Å². The van der Waals surface area contributed by atoms with Gasteiger partial charge in [-0.15, -0.1) is 0 Å². The largest absolute Gasteiger partial charge is 0.435 e. The minimum absolute atomic E-state index is 0.209. The number of Topliss-reactive ketones (excluding diaryl/α,β-unsaturated/α-hetero) is 1. The number of hydrogen-bond acceptors (Lipinski definition) is 4. The Morgan fingerprint density at radius 1 is 0.711 bits per heavy atom. The smallest absolute Gasteiger partial charge is 0.255 e. The number of anilines is 1. The van der Waals surface area contributed by atoms with Crippen LogP contribution in [-0.2, 0) is 0 Å². The van der Waals surface area contributed by atoms with Crippen molar-refractivity contribution in [2.24, 2.45) is 0 Å². The molecule has 1 heterocycles. The second-order valence-corrected chi connectivity index (χ2v) is 10.3. The third kappa shape index (κ3) is 12.7. The number of carbonyl (C=O) groups excluding carboxylic acids is 2. The topological polar surface area (TPSA) is 72.2 Å². The normalized spacial score (nSPS) is 9.76. The van der Waals surface area contributed by atoms with Gasteiger partial charge in [0.2, 0.25) is 5.89 Å². The van der Waals surface area contributed by atoms with E-state index in [-0.39, 0.29) is 17.0 Å². The third-order valence-electron chi connectivity index (χ3n) is 6.41. The van der Waals surface area contributed by atoms with Crippen LogP contribution in [0.2, 0.25) is 0 Å². The SMILES string of the molecule is CC(=O)c1nc(-c2ccccc2)oc1-c1ccc(NC(=O)c2cccc(F)c2)cc1.CCCC.CCCC.Cc1ccccc1. The number of nitrogens with zero attached hydrogens (tertiary/aromatic N) is 1. The van der Waals surface area contributed by atoms with E-state index in [4.69, 9.17) is 4.42 Å². The molecular formula is C39H45FN2O3. The molecule has 0 saturated carbocycles. The number of hydrogen-bond donors (Lipinski definition) is 1. The zero-order valence-electron chi connectivity index (χ0n) is 27.3. The Labute approximate surface area is 267 Å². The molecule has 5 rings (SSSR count). The third-order valence-corrected chi connectivity index (χ3v) is 6.41. The molecule has 0 unspecified atom stereocenters. The number of benzene rings is 4. The van der Waals surface area contributed by atoms with Crippen molar-refractivity contribution in [1.29, 1.82) is 0 Å². The molecule has 0 bridgehead atoms. The maximum atomic E-state index is 13.3. The van der Waals surface area contributed by atoms with E-state index in [0.29, 0.717) is 22.9 Å². The molecule has 1 N–H and O–H groups in total. The molecule has 0 atom stereocenters. The quantitative estimate of drug-likeness (QED) is 0.187. The molecule has 0 spiro atoms. The number of carbonyl (C=O) groups is 2. The van der Waals surface area contributed by atoms with Crippen LogP contribution < -0.4 is 5.32 Å². The molecule has 45 heavy (non-hydrogen) atoms. The highest BCUT2D eigenvalue weighted by Gasteiger charge is 2.19. The van der Waals surface area contributed by atoms with Gasteiger partial charge in [-0.1, -0.05) is 114 Å². The van der Waals surface area contributed by atoms with Gasteiger partial charge in [-0.05, 0) is 61.5 Å². The molecule has 6 heteroatoms. The summed E-state index contributed by atoms with van der Waals surface area (Å²) in [5.74, 6) is -0.380. The number of oxazole rings is 1. The monoisotopic (exact) mass is 608 g/mol. The number of amides is 1. The number of rotatable bonds is 7. The van der Waals surface area contributed by atoms with Gasteiger partial charge in [-0.25, -0.2) is 9.37 Å². The van der Waals surface area contributed by atoms with Crippen molar-refractivity contribution in [3.63, 3.8) is 0 Å². The van der Waals surface area contributed by atoms with Crippen molar-refractivity contribution in [3.05, 3.63) is 132 Å². The van der Waals surface area contributed by atoms with Gasteiger partial charge in [0.05, 0.1) is 0 Å². The first-order valence-electron chi connectivity index (χ1n) is 15.5. The average Bonchev–Trinajstić information content (AvgIpc) is 3.53. The van der Waals surface area contributed by atoms with Crippen molar-refractivity contribution in [2.45, 2.75) is 67.2 Å². The maximum absolute atomic E-state index is 13.3. The Morgan fingerprint density at radius 2 is 1.27 bits per heavy atom. The van der Waals surface area contributed by atoms with Crippen molar-refractivity contribution >= 4 is 17.4 Å². The van der Waals surface area contributed by atoms with E-state index in [9.17, 15) is 14.0 Å². The maximum Gasteiger partial charge on any atom is 0.255 e. The summed E-state index contributed by atoms with van der Waals surface area (Å²) in [6, 6.07) is 31.8. The minimum Gasteiger partial charge on any atom is -0.435 e. The van der Waals surface area contributed by atoms with Crippen LogP contribution in [0.1, 0.15) is 86.7 Å². The van der Waals surface area contributed by atoms with Crippen molar-refractivity contribution in [2.75, 3.05) is 5.32 Å². The molecule has 4 aromatic carbocycles. The van der Waals surface area contributed by atoms with Crippen LogP contribution in [0.15, 0.2) is 114 Å². The van der Waals surface area contributed by atoms with Crippen LogP contribution >= 0.6 is 0 Å². The van der Waals surface area contributed by atoms with Crippen molar-refractivity contribution < 1.29 is 18.4 Å². The molecule has 1 aromatic heterocycles. The van der Waals surface area contributed by atoms with Crippen LogP contribution in [0.4, 0.5) is 10.1 Å². The first kappa shape index (κ1) is 36.4. The molecule has 0 aliphatic carbocycles. The second-order valence-electron chi connectivity index (χ2n) is 10.3. The standard InChI is InChI=1S/C24H17FN2O3.C7H8.2C4H10/c1-15(28)21-22(30-24(27-21)17-6-3-2-4-7-17)16-10-12-20(13-11-16)26-23(29)18-8-5-9-19(25)14-18;1-7-5-3-2-4-6-7;2*1-3-4-2/h2-14H,1H3,(H,26,29);2-6H,1H3;2*3-4H2,1-2H3. The predicted molar refractivity (Wildman–Crippen MR) is 184 cm³/mol. The highest BCUT2D eigenvalue weighted by Crippen LogP contribution is 2.31. The van der Waals surface area contributed by atoms with Crippen LogP contribution in [0.25, 0.3) is 22.8 Å². The number of unbranched alkanes of at least 4 members (excludes halogenated alkanes) is 2. The highest BCUT2D eigenvalue weighted by molar-refractivity contribution is 6.04. The van der Waals surface area contributed by atoms with Gasteiger partial charge in [0.25, 0.3) is 5.91 Å². The fourth-order valence-corrected chi connectivity index (χ4v) is 3.53. The Balaban J connectivity index is 0.000000388. The first-order chi connectivity index (χ1) is 21.7. The van der Waals surface area contributed by atoms with Gasteiger partial charge >= 0.3 is 0 Å². The van der Waals surface area contributed by atoms with E-state index < -0.39 is 11.7 Å². The second kappa shape index (κ2) is 20.2. The van der Waals surface area contributed by atoms with E-state index in [1.807, 2.05) is 48.5 Å². The molecule has 0 aliphatic heterocycles. The average molecular weight is 609 g/mol. The molecule has 0 saturated heterocycles. The van der Waals surface area contributed by atoms with Crippen molar-refractivity contribution in [1.82, 2.24) is 4.98 Å². The zero-order chi connectivity index (χ0) is 33.0. The lowest BCUT2D eigenvalue weighted by Gasteiger charge is -2.06. The summed E-state index contributed by atoms with van der Waals surface area (Å²) in [6.45, 7) is 12.2. The number of aromatic nitrogens is 1. The van der Waals surface area contributed by atoms with Gasteiger partial charge in [-0.2, -0.15) is 0 Å². The van der Waals surface area contributed by atoms with E-state index in [1.54, 1.807) is 24.3 Å². The predicted octanol–water partition coefficient (Wildman–Crippen LogP) is 11.2. The Morgan fingerprint density at radius 3 is 1.73 bits per heavy atom. The molecule has 5 nitrogen and oxygen atoms in total. The molecule has 0 aliphatic rings. The number of aryl methyl sites for hydroxylation is 1. The number of nitrogens with one attached hydrogen (secondary N) is 1. The van der Waals surface area contributed by atoms with E-state index in [1.165, 1.54) is 62.4 Å². The van der Waals surface area contributed by atoms with E-state index in [2.05, 4.69) is 57.1 Å². The highest BCUT2D eigenvalue weighted by atomic mass is 19.1. The minimum atomic E-state index is -0.478. The molecule has 236 valence electrons. The first-order valence-corrected chi connectivity index (χ1v) is 15.5. The molecule has 1 amide bonds. The van der Waals surface area contributed by atoms with Crippen LogP contribution in [0.3, 0.4) is 0 Å². The number of ketones is 1. The number of halogens is 1. The Kier molecular flexibility index (Phi) is 16.3. The Bertz CT molecular complexity index is 1560. The van der Waals surface area contributed by atoms with E-state index in [0.717, 1.165) is 5.56 Å². The lowest BCUT2D eigenvalue weighted by atomic mass is 10.1. The van der Waals surface area contributed by atoms with Gasteiger partial charge in [-0.3, -0.25) is 9.59 Å². The summed E-state index contributed by atoms with van der Waals surface area (Å²) >= 11 is 0. The van der Waals surface area contributed by atoms with Crippen LogP contribution in [0.5, 0.6) is 0 Å². The molecule has 0 radical (unpaired) electrons. The summed E-state index contributed by atoms with van der Waals surface area (Å²) in [5.41, 5.74) is 3.73. The van der Waals surface area contributed by atoms with Crippen LogP contribution in [-0.4, -0.2) is 16.7 Å².